The molecule has 106 valence electrons. The molecule has 0 saturated carbocycles. The summed E-state index contributed by atoms with van der Waals surface area (Å²) in [4.78, 5) is -0.562. The average Bonchev–Trinajstić information content (AvgIpc) is 2.41. The van der Waals surface area contributed by atoms with E-state index in [1.165, 1.54) is 4.31 Å². The molecule has 1 aromatic carbocycles. The Morgan fingerprint density at radius 3 is 2.74 bits per heavy atom. The van der Waals surface area contributed by atoms with Crippen LogP contribution in [-0.4, -0.2) is 25.3 Å². The number of piperidine rings is 1. The number of halogens is 2. The molecule has 3 nitrogen and oxygen atoms in total. The van der Waals surface area contributed by atoms with Crippen LogP contribution in [0.1, 0.15) is 32.6 Å². The van der Waals surface area contributed by atoms with Crippen molar-refractivity contribution in [1.82, 2.24) is 4.31 Å². The summed E-state index contributed by atoms with van der Waals surface area (Å²) in [6, 6.07) is 2.41. The van der Waals surface area contributed by atoms with E-state index in [0.29, 0.717) is 13.0 Å². The molecule has 1 saturated heterocycles. The van der Waals surface area contributed by atoms with Crippen LogP contribution in [0, 0.1) is 11.6 Å². The highest BCUT2D eigenvalue weighted by Gasteiger charge is 2.34. The van der Waals surface area contributed by atoms with Gasteiger partial charge in [0.25, 0.3) is 0 Å². The highest BCUT2D eigenvalue weighted by molar-refractivity contribution is 7.89. The summed E-state index contributed by atoms with van der Waals surface area (Å²) >= 11 is 0. The first-order valence-corrected chi connectivity index (χ1v) is 7.87. The molecular formula is C13H17F2NO2S. The lowest BCUT2D eigenvalue weighted by atomic mass is 10.0. The second-order valence-corrected chi connectivity index (χ2v) is 6.61. The fourth-order valence-electron chi connectivity index (χ4n) is 2.50. The molecule has 1 aromatic rings. The normalized spacial score (nSPS) is 21.5. The number of nitrogens with zero attached hydrogens (tertiary/aromatic N) is 1. The van der Waals surface area contributed by atoms with Gasteiger partial charge in [-0.15, -0.1) is 0 Å². The van der Waals surface area contributed by atoms with Gasteiger partial charge in [0.15, 0.2) is 0 Å². The van der Waals surface area contributed by atoms with E-state index in [1.807, 2.05) is 6.92 Å². The van der Waals surface area contributed by atoms with Gasteiger partial charge in [-0.05, 0) is 37.5 Å². The lowest BCUT2D eigenvalue weighted by Crippen LogP contribution is -2.43. The SMILES string of the molecule is CC[C@H]1CCCCN1S(=O)(=O)c1cc(F)ccc1F. The van der Waals surface area contributed by atoms with E-state index in [2.05, 4.69) is 0 Å². The Labute approximate surface area is 112 Å². The number of benzene rings is 1. The Morgan fingerprint density at radius 2 is 2.05 bits per heavy atom. The second-order valence-electron chi connectivity index (χ2n) is 4.75. The highest BCUT2D eigenvalue weighted by atomic mass is 32.2. The fourth-order valence-corrected chi connectivity index (χ4v) is 4.34. The number of rotatable bonds is 3. The van der Waals surface area contributed by atoms with E-state index < -0.39 is 26.6 Å². The van der Waals surface area contributed by atoms with Crippen LogP contribution in [0.2, 0.25) is 0 Å². The van der Waals surface area contributed by atoms with Crippen molar-refractivity contribution in [3.8, 4) is 0 Å². The third-order valence-corrected chi connectivity index (χ3v) is 5.49. The molecule has 0 amide bonds. The predicted octanol–water partition coefficient (Wildman–Crippen LogP) is 2.92. The van der Waals surface area contributed by atoms with Crippen molar-refractivity contribution in [2.24, 2.45) is 0 Å². The maximum Gasteiger partial charge on any atom is 0.246 e. The van der Waals surface area contributed by atoms with Gasteiger partial charge in [-0.2, -0.15) is 4.31 Å². The quantitative estimate of drug-likeness (QED) is 0.858. The van der Waals surface area contributed by atoms with Crippen LogP contribution >= 0.6 is 0 Å². The minimum atomic E-state index is -3.96. The van der Waals surface area contributed by atoms with Crippen LogP contribution in [0.15, 0.2) is 23.1 Å². The number of hydrogen-bond donors (Lipinski definition) is 0. The molecular weight excluding hydrogens is 272 g/mol. The summed E-state index contributed by atoms with van der Waals surface area (Å²) in [6.45, 7) is 2.28. The molecule has 1 aliphatic heterocycles. The van der Waals surface area contributed by atoms with E-state index in [0.717, 1.165) is 37.5 Å². The second kappa shape index (κ2) is 5.54. The molecule has 6 heteroatoms. The van der Waals surface area contributed by atoms with Crippen molar-refractivity contribution < 1.29 is 17.2 Å². The minimum Gasteiger partial charge on any atom is -0.207 e. The van der Waals surface area contributed by atoms with Gasteiger partial charge in [-0.1, -0.05) is 13.3 Å². The monoisotopic (exact) mass is 289 g/mol. The molecule has 0 aromatic heterocycles. The number of hydrogen-bond acceptors (Lipinski definition) is 2. The Morgan fingerprint density at radius 1 is 1.32 bits per heavy atom. The minimum absolute atomic E-state index is 0.124. The topological polar surface area (TPSA) is 37.4 Å². The molecule has 1 atom stereocenters. The van der Waals surface area contributed by atoms with Gasteiger partial charge in [-0.3, -0.25) is 0 Å². The molecule has 0 aliphatic carbocycles. The van der Waals surface area contributed by atoms with Crippen LogP contribution in [0.5, 0.6) is 0 Å². The van der Waals surface area contributed by atoms with Crippen molar-refractivity contribution >= 4 is 10.0 Å². The first-order chi connectivity index (χ1) is 8.96. The summed E-state index contributed by atoms with van der Waals surface area (Å²) in [6.07, 6.45) is 3.17. The molecule has 0 spiro atoms. The average molecular weight is 289 g/mol. The summed E-state index contributed by atoms with van der Waals surface area (Å²) in [5.74, 6) is -1.65. The third kappa shape index (κ3) is 2.79. The van der Waals surface area contributed by atoms with Crippen molar-refractivity contribution in [1.29, 1.82) is 0 Å². The van der Waals surface area contributed by atoms with Crippen LogP contribution in [0.25, 0.3) is 0 Å². The van der Waals surface area contributed by atoms with Crippen molar-refractivity contribution in [3.63, 3.8) is 0 Å². The molecule has 0 bridgehead atoms. The fraction of sp³-hybridized carbons (Fsp3) is 0.538. The first-order valence-electron chi connectivity index (χ1n) is 6.43. The zero-order chi connectivity index (χ0) is 14.0. The smallest absolute Gasteiger partial charge is 0.207 e. The van der Waals surface area contributed by atoms with Crippen LogP contribution in [0.3, 0.4) is 0 Å². The first kappa shape index (κ1) is 14.4. The van der Waals surface area contributed by atoms with Crippen LogP contribution < -0.4 is 0 Å². The van der Waals surface area contributed by atoms with Crippen molar-refractivity contribution in [2.75, 3.05) is 6.54 Å². The zero-order valence-electron chi connectivity index (χ0n) is 10.8. The molecule has 1 heterocycles. The summed E-state index contributed by atoms with van der Waals surface area (Å²) < 4.78 is 53.1. The zero-order valence-corrected chi connectivity index (χ0v) is 11.6. The Bertz CT molecular complexity index is 560. The van der Waals surface area contributed by atoms with Gasteiger partial charge in [0.05, 0.1) is 0 Å². The maximum absolute atomic E-state index is 13.7. The third-order valence-electron chi connectivity index (χ3n) is 3.52. The lowest BCUT2D eigenvalue weighted by molar-refractivity contribution is 0.246. The summed E-state index contributed by atoms with van der Waals surface area (Å²) in [5.41, 5.74) is 0. The van der Waals surface area contributed by atoms with Gasteiger partial charge in [0, 0.05) is 12.6 Å². The molecule has 2 rings (SSSR count). The molecule has 1 fully saturated rings. The van der Waals surface area contributed by atoms with E-state index in [-0.39, 0.29) is 6.04 Å². The van der Waals surface area contributed by atoms with Gasteiger partial charge < -0.3 is 0 Å². The van der Waals surface area contributed by atoms with E-state index in [1.54, 1.807) is 0 Å². The summed E-state index contributed by atoms with van der Waals surface area (Å²) in [5, 5.41) is 0. The molecule has 0 N–H and O–H groups in total. The van der Waals surface area contributed by atoms with Crippen LogP contribution in [-0.2, 0) is 10.0 Å². The number of sulfonamides is 1. The maximum atomic E-state index is 13.7. The summed E-state index contributed by atoms with van der Waals surface area (Å²) in [7, 11) is -3.96. The van der Waals surface area contributed by atoms with Gasteiger partial charge in [-0.25, -0.2) is 17.2 Å². The Kier molecular flexibility index (Phi) is 4.20. The molecule has 0 unspecified atom stereocenters. The van der Waals surface area contributed by atoms with E-state index in [9.17, 15) is 17.2 Å². The predicted molar refractivity (Wildman–Crippen MR) is 68.2 cm³/mol. The van der Waals surface area contributed by atoms with E-state index in [4.69, 9.17) is 0 Å². The van der Waals surface area contributed by atoms with Gasteiger partial charge in [0.2, 0.25) is 10.0 Å². The van der Waals surface area contributed by atoms with Gasteiger partial charge in [0.1, 0.15) is 16.5 Å². The Balaban J connectivity index is 2.43. The molecule has 1 aliphatic rings. The van der Waals surface area contributed by atoms with Crippen molar-refractivity contribution in [3.05, 3.63) is 29.8 Å². The highest BCUT2D eigenvalue weighted by Crippen LogP contribution is 2.28. The molecule has 0 radical (unpaired) electrons. The van der Waals surface area contributed by atoms with Crippen LogP contribution in [0.4, 0.5) is 8.78 Å². The van der Waals surface area contributed by atoms with Gasteiger partial charge >= 0.3 is 0 Å². The Hall–Kier alpha value is -1.01. The van der Waals surface area contributed by atoms with Crippen molar-refractivity contribution in [2.45, 2.75) is 43.5 Å². The standard InChI is InChI=1S/C13H17F2NO2S/c1-2-11-5-3-4-8-16(11)19(17,18)13-9-10(14)6-7-12(13)15/h6-7,9,11H,2-5,8H2,1H3/t11-/m0/s1. The largest absolute Gasteiger partial charge is 0.246 e. The lowest BCUT2D eigenvalue weighted by Gasteiger charge is -2.34. The van der Waals surface area contributed by atoms with E-state index >= 15 is 0 Å². The molecule has 19 heavy (non-hydrogen) atoms.